The van der Waals surface area contributed by atoms with Gasteiger partial charge in [0.1, 0.15) is 12.4 Å². The monoisotopic (exact) mass is 450 g/mol. The minimum Gasteiger partial charge on any atom is -0.493 e. The minimum atomic E-state index is -0.241. The molecule has 4 rings (SSSR count). The molecular formula is C27H31FN2O3. The number of halogens is 1. The van der Waals surface area contributed by atoms with Gasteiger partial charge in [-0.15, -0.1) is 0 Å². The normalized spacial score (nSPS) is 15.5. The number of methoxy groups -OCH3 is 2. The molecule has 3 aromatic carbocycles. The summed E-state index contributed by atoms with van der Waals surface area (Å²) in [7, 11) is 3.27. The van der Waals surface area contributed by atoms with Crippen LogP contribution < -0.4 is 19.5 Å². The van der Waals surface area contributed by atoms with Crippen molar-refractivity contribution in [3.8, 4) is 17.2 Å². The number of ether oxygens (including phenoxy) is 3. The molecule has 3 aromatic rings. The maximum absolute atomic E-state index is 13.7. The van der Waals surface area contributed by atoms with Crippen molar-refractivity contribution in [2.45, 2.75) is 19.1 Å². The van der Waals surface area contributed by atoms with Crippen molar-refractivity contribution in [2.75, 3.05) is 40.4 Å². The maximum Gasteiger partial charge on any atom is 0.203 e. The van der Waals surface area contributed by atoms with Crippen LogP contribution in [0.1, 0.15) is 29.2 Å². The molecule has 1 fully saturated rings. The van der Waals surface area contributed by atoms with E-state index in [1.807, 2.05) is 54.6 Å². The zero-order valence-electron chi connectivity index (χ0n) is 19.2. The molecule has 0 amide bonds. The van der Waals surface area contributed by atoms with E-state index in [1.54, 1.807) is 14.2 Å². The van der Waals surface area contributed by atoms with E-state index in [4.69, 9.17) is 14.2 Å². The highest BCUT2D eigenvalue weighted by atomic mass is 19.1. The lowest BCUT2D eigenvalue weighted by molar-refractivity contribution is 0.237. The highest BCUT2D eigenvalue weighted by Gasteiger charge is 2.26. The summed E-state index contributed by atoms with van der Waals surface area (Å²) in [4.78, 5) is 2.42. The van der Waals surface area contributed by atoms with E-state index >= 15 is 0 Å². The van der Waals surface area contributed by atoms with Gasteiger partial charge in [-0.2, -0.15) is 0 Å². The second-order valence-corrected chi connectivity index (χ2v) is 8.12. The number of hydrogen-bond acceptors (Lipinski definition) is 5. The van der Waals surface area contributed by atoms with Crippen LogP contribution in [0.5, 0.6) is 17.2 Å². The van der Waals surface area contributed by atoms with Gasteiger partial charge in [-0.05, 0) is 53.9 Å². The molecule has 1 unspecified atom stereocenters. The number of rotatable bonds is 8. The predicted molar refractivity (Wildman–Crippen MR) is 128 cm³/mol. The Labute approximate surface area is 195 Å². The third-order valence-corrected chi connectivity index (χ3v) is 5.95. The molecule has 33 heavy (non-hydrogen) atoms. The van der Waals surface area contributed by atoms with E-state index < -0.39 is 0 Å². The molecule has 5 nitrogen and oxygen atoms in total. The van der Waals surface area contributed by atoms with E-state index in [2.05, 4.69) is 10.2 Å². The predicted octanol–water partition coefficient (Wildman–Crippen LogP) is 4.81. The summed E-state index contributed by atoms with van der Waals surface area (Å²) in [6.45, 7) is 4.13. The first kappa shape index (κ1) is 23.1. The second-order valence-electron chi connectivity index (χ2n) is 8.12. The van der Waals surface area contributed by atoms with E-state index in [1.165, 1.54) is 12.1 Å². The van der Waals surface area contributed by atoms with Gasteiger partial charge in [-0.25, -0.2) is 4.39 Å². The first-order valence-corrected chi connectivity index (χ1v) is 11.3. The first-order chi connectivity index (χ1) is 16.2. The van der Waals surface area contributed by atoms with Gasteiger partial charge in [0.2, 0.25) is 5.75 Å². The summed E-state index contributed by atoms with van der Waals surface area (Å²) in [6, 6.07) is 20.7. The van der Waals surface area contributed by atoms with E-state index in [9.17, 15) is 4.39 Å². The van der Waals surface area contributed by atoms with Crippen molar-refractivity contribution in [3.63, 3.8) is 0 Å². The third-order valence-electron chi connectivity index (χ3n) is 5.95. The van der Waals surface area contributed by atoms with Crippen molar-refractivity contribution in [3.05, 3.63) is 89.2 Å². The summed E-state index contributed by atoms with van der Waals surface area (Å²) >= 11 is 0. The molecule has 0 aliphatic carbocycles. The number of benzene rings is 3. The molecule has 0 saturated carbocycles. The average molecular weight is 451 g/mol. The van der Waals surface area contributed by atoms with Crippen LogP contribution in [-0.2, 0) is 6.61 Å². The Morgan fingerprint density at radius 2 is 1.58 bits per heavy atom. The van der Waals surface area contributed by atoms with Gasteiger partial charge in [0.25, 0.3) is 0 Å². The van der Waals surface area contributed by atoms with E-state index in [0.29, 0.717) is 23.9 Å². The van der Waals surface area contributed by atoms with Gasteiger partial charge in [-0.1, -0.05) is 42.5 Å². The van der Waals surface area contributed by atoms with Crippen molar-refractivity contribution >= 4 is 0 Å². The summed E-state index contributed by atoms with van der Waals surface area (Å²) < 4.78 is 31.3. The van der Waals surface area contributed by atoms with Crippen LogP contribution in [0.4, 0.5) is 4.39 Å². The quantitative estimate of drug-likeness (QED) is 0.534. The van der Waals surface area contributed by atoms with Gasteiger partial charge in [-0.3, -0.25) is 4.90 Å². The fourth-order valence-electron chi connectivity index (χ4n) is 4.31. The summed E-state index contributed by atoms with van der Waals surface area (Å²) in [5, 5.41) is 3.46. The third kappa shape index (κ3) is 5.64. The molecule has 1 saturated heterocycles. The highest BCUT2D eigenvalue weighted by Crippen LogP contribution is 2.43. The van der Waals surface area contributed by atoms with Crippen molar-refractivity contribution < 1.29 is 18.6 Å². The lowest BCUT2D eigenvalue weighted by atomic mass is 9.95. The molecule has 1 atom stereocenters. The lowest BCUT2D eigenvalue weighted by Gasteiger charge is -2.32. The molecule has 0 bridgehead atoms. The Morgan fingerprint density at radius 1 is 0.879 bits per heavy atom. The van der Waals surface area contributed by atoms with Gasteiger partial charge in [0, 0.05) is 19.6 Å². The van der Waals surface area contributed by atoms with Crippen LogP contribution in [0.25, 0.3) is 0 Å². The van der Waals surface area contributed by atoms with E-state index in [0.717, 1.165) is 49.3 Å². The van der Waals surface area contributed by atoms with Gasteiger partial charge >= 0.3 is 0 Å². The molecule has 0 aromatic heterocycles. The van der Waals surface area contributed by atoms with E-state index in [-0.39, 0.29) is 11.9 Å². The van der Waals surface area contributed by atoms with Crippen LogP contribution in [0.15, 0.2) is 66.7 Å². The molecule has 1 N–H and O–H groups in total. The number of nitrogens with zero attached hydrogens (tertiary/aromatic N) is 1. The van der Waals surface area contributed by atoms with Crippen molar-refractivity contribution in [1.29, 1.82) is 0 Å². The van der Waals surface area contributed by atoms with Crippen molar-refractivity contribution in [1.82, 2.24) is 10.2 Å². The topological polar surface area (TPSA) is 43.0 Å². The largest absolute Gasteiger partial charge is 0.493 e. The molecule has 1 heterocycles. The molecule has 1 aliphatic rings. The molecule has 0 spiro atoms. The van der Waals surface area contributed by atoms with Crippen LogP contribution >= 0.6 is 0 Å². The molecule has 1 aliphatic heterocycles. The zero-order valence-corrected chi connectivity index (χ0v) is 19.2. The Morgan fingerprint density at radius 3 is 2.24 bits per heavy atom. The van der Waals surface area contributed by atoms with Crippen LogP contribution in [0.2, 0.25) is 0 Å². The molecular weight excluding hydrogens is 419 g/mol. The Bertz CT molecular complexity index is 994. The maximum atomic E-state index is 13.7. The molecule has 174 valence electrons. The van der Waals surface area contributed by atoms with Crippen LogP contribution in [0, 0.1) is 5.82 Å². The highest BCUT2D eigenvalue weighted by molar-refractivity contribution is 5.55. The average Bonchev–Trinajstić information content (AvgIpc) is 3.14. The minimum absolute atomic E-state index is 0.0588. The SMILES string of the molecule is COc1cc(C(c2ccc(F)cc2)N2CCCNCC2)cc(OC)c1OCc1ccccc1. The van der Waals surface area contributed by atoms with Crippen molar-refractivity contribution in [2.24, 2.45) is 0 Å². The number of nitrogens with one attached hydrogen (secondary N) is 1. The van der Waals surface area contributed by atoms with Gasteiger partial charge < -0.3 is 19.5 Å². The number of hydrogen-bond donors (Lipinski definition) is 1. The summed E-state index contributed by atoms with van der Waals surface area (Å²) in [5.74, 6) is 1.55. The summed E-state index contributed by atoms with van der Waals surface area (Å²) in [6.07, 6.45) is 1.05. The van der Waals surface area contributed by atoms with Crippen LogP contribution in [0.3, 0.4) is 0 Å². The second kappa shape index (κ2) is 11.2. The Kier molecular flexibility index (Phi) is 7.81. The zero-order chi connectivity index (χ0) is 23.0. The molecule has 6 heteroatoms. The Balaban J connectivity index is 1.72. The Hall–Kier alpha value is -3.09. The van der Waals surface area contributed by atoms with Gasteiger partial charge in [0.15, 0.2) is 11.5 Å². The first-order valence-electron chi connectivity index (χ1n) is 11.3. The van der Waals surface area contributed by atoms with Crippen LogP contribution in [-0.4, -0.2) is 45.3 Å². The molecule has 0 radical (unpaired) electrons. The lowest BCUT2D eigenvalue weighted by Crippen LogP contribution is -2.33. The fraction of sp³-hybridized carbons (Fsp3) is 0.333. The smallest absolute Gasteiger partial charge is 0.203 e. The summed E-state index contributed by atoms with van der Waals surface area (Å²) in [5.41, 5.74) is 3.11. The fourth-order valence-corrected chi connectivity index (χ4v) is 4.31. The standard InChI is InChI=1S/C27H31FN2O3/c1-31-24-17-22(18-25(32-2)27(24)33-19-20-7-4-3-5-8-20)26(21-9-11-23(28)12-10-21)30-15-6-13-29-14-16-30/h3-5,7-12,17-18,26,29H,6,13-16,19H2,1-2H3. The van der Waals surface area contributed by atoms with Gasteiger partial charge in [0.05, 0.1) is 20.3 Å².